The second kappa shape index (κ2) is 6.27. The van der Waals surface area contributed by atoms with E-state index in [2.05, 4.69) is 15.8 Å². The molecular weight excluding hydrogens is 322 g/mol. The fourth-order valence-electron chi connectivity index (χ4n) is 2.98. The summed E-state index contributed by atoms with van der Waals surface area (Å²) in [5.41, 5.74) is 2.10. The molecule has 0 radical (unpaired) electrons. The van der Waals surface area contributed by atoms with Crippen LogP contribution < -0.4 is 10.6 Å². The lowest BCUT2D eigenvalue weighted by atomic mass is 9.90. The van der Waals surface area contributed by atoms with Crippen LogP contribution in [0, 0.1) is 0 Å². The summed E-state index contributed by atoms with van der Waals surface area (Å²) in [5, 5.41) is 9.38. The van der Waals surface area contributed by atoms with Gasteiger partial charge in [-0.3, -0.25) is 9.59 Å². The molecule has 0 saturated heterocycles. The number of fused-ring (bicyclic) bond motifs is 1. The average Bonchev–Trinajstić information content (AvgIpc) is 3.29. The van der Waals surface area contributed by atoms with E-state index >= 15 is 0 Å². The highest BCUT2D eigenvalue weighted by Gasteiger charge is 2.26. The molecule has 2 N–H and O–H groups in total. The van der Waals surface area contributed by atoms with Crippen molar-refractivity contribution in [3.05, 3.63) is 60.0 Å². The normalized spacial score (nSPS) is 16.2. The van der Waals surface area contributed by atoms with Gasteiger partial charge in [0.2, 0.25) is 11.7 Å². The lowest BCUT2D eigenvalue weighted by Crippen LogP contribution is -2.33. The smallest absolute Gasteiger partial charge is 0.257 e. The highest BCUT2D eigenvalue weighted by atomic mass is 16.5. The number of nitrogens with one attached hydrogen (secondary N) is 2. The minimum absolute atomic E-state index is 0.0563. The zero-order chi connectivity index (χ0) is 17.2. The average molecular weight is 337 g/mol. The third kappa shape index (κ3) is 2.91. The third-order valence-corrected chi connectivity index (χ3v) is 4.18. The van der Waals surface area contributed by atoms with E-state index in [0.29, 0.717) is 24.3 Å². The number of hydrogen-bond acceptors (Lipinski definition) is 5. The Balaban J connectivity index is 1.50. The number of carbonyl (C=O) groups excluding carboxylic acids is 2. The third-order valence-electron chi connectivity index (χ3n) is 4.18. The zero-order valence-electron chi connectivity index (χ0n) is 13.2. The molecule has 2 amide bonds. The van der Waals surface area contributed by atoms with Gasteiger partial charge in [0.1, 0.15) is 5.56 Å². The Kier molecular flexibility index (Phi) is 3.81. The lowest BCUT2D eigenvalue weighted by Gasteiger charge is -2.25. The van der Waals surface area contributed by atoms with E-state index in [1.807, 2.05) is 24.3 Å². The van der Waals surface area contributed by atoms with Gasteiger partial charge < -0.3 is 19.6 Å². The molecule has 0 saturated carbocycles. The molecular formula is C18H15N3O4. The van der Waals surface area contributed by atoms with Gasteiger partial charge in [-0.2, -0.15) is 0 Å². The Morgan fingerprint density at radius 3 is 3.00 bits per heavy atom. The van der Waals surface area contributed by atoms with Crippen molar-refractivity contribution in [1.29, 1.82) is 0 Å². The Hall–Kier alpha value is -3.35. The van der Waals surface area contributed by atoms with Crippen molar-refractivity contribution >= 4 is 17.5 Å². The lowest BCUT2D eigenvalue weighted by molar-refractivity contribution is -0.116. The minimum Gasteiger partial charge on any atom is -0.461 e. The van der Waals surface area contributed by atoms with Crippen LogP contribution in [-0.4, -0.2) is 23.5 Å². The molecule has 0 bridgehead atoms. The molecule has 2 aromatic heterocycles. The predicted octanol–water partition coefficient (Wildman–Crippen LogP) is 2.79. The number of aromatic nitrogens is 1. The van der Waals surface area contributed by atoms with Gasteiger partial charge in [0.25, 0.3) is 5.91 Å². The fraction of sp³-hybridized carbons (Fsp3) is 0.167. The SMILES string of the molecule is O=C1CC(CNC(=O)c2cnoc2-c2ccco2)c2ccccc2N1. The van der Waals surface area contributed by atoms with E-state index < -0.39 is 0 Å². The van der Waals surface area contributed by atoms with Crippen molar-refractivity contribution in [3.63, 3.8) is 0 Å². The molecule has 0 spiro atoms. The van der Waals surface area contributed by atoms with Crippen LogP contribution in [0.15, 0.2) is 57.8 Å². The van der Waals surface area contributed by atoms with Crippen LogP contribution in [-0.2, 0) is 4.79 Å². The van der Waals surface area contributed by atoms with Crippen LogP contribution >= 0.6 is 0 Å². The summed E-state index contributed by atoms with van der Waals surface area (Å²) in [6.07, 6.45) is 3.18. The Morgan fingerprint density at radius 2 is 2.16 bits per heavy atom. The zero-order valence-corrected chi connectivity index (χ0v) is 13.2. The van der Waals surface area contributed by atoms with Crippen molar-refractivity contribution < 1.29 is 18.5 Å². The van der Waals surface area contributed by atoms with Crippen LogP contribution in [0.25, 0.3) is 11.5 Å². The molecule has 0 fully saturated rings. The molecule has 1 aliphatic heterocycles. The molecule has 3 aromatic rings. The van der Waals surface area contributed by atoms with E-state index in [0.717, 1.165) is 11.3 Å². The van der Waals surface area contributed by atoms with Gasteiger partial charge in [-0.15, -0.1) is 0 Å². The Morgan fingerprint density at radius 1 is 1.28 bits per heavy atom. The van der Waals surface area contributed by atoms with Crippen LogP contribution in [0.1, 0.15) is 28.3 Å². The first kappa shape index (κ1) is 15.2. The van der Waals surface area contributed by atoms with Crippen LogP contribution in [0.3, 0.4) is 0 Å². The van der Waals surface area contributed by atoms with Gasteiger partial charge in [0.05, 0.1) is 12.5 Å². The van der Waals surface area contributed by atoms with E-state index in [4.69, 9.17) is 8.94 Å². The monoisotopic (exact) mass is 337 g/mol. The summed E-state index contributed by atoms with van der Waals surface area (Å²) in [7, 11) is 0. The molecule has 126 valence electrons. The Labute approximate surface area is 143 Å². The highest BCUT2D eigenvalue weighted by molar-refractivity contribution is 5.99. The molecule has 1 aromatic carbocycles. The number of amides is 2. The van der Waals surface area contributed by atoms with Gasteiger partial charge in [0, 0.05) is 24.6 Å². The molecule has 1 atom stereocenters. The van der Waals surface area contributed by atoms with Gasteiger partial charge in [0.15, 0.2) is 5.76 Å². The summed E-state index contributed by atoms with van der Waals surface area (Å²) >= 11 is 0. The van der Waals surface area contributed by atoms with E-state index in [1.54, 1.807) is 12.1 Å². The largest absolute Gasteiger partial charge is 0.461 e. The van der Waals surface area contributed by atoms with Gasteiger partial charge >= 0.3 is 0 Å². The maximum Gasteiger partial charge on any atom is 0.257 e. The number of para-hydroxylation sites is 1. The van der Waals surface area contributed by atoms with Crippen molar-refractivity contribution in [2.24, 2.45) is 0 Å². The number of hydrogen-bond donors (Lipinski definition) is 2. The number of nitrogens with zero attached hydrogens (tertiary/aromatic N) is 1. The molecule has 7 heteroatoms. The summed E-state index contributed by atoms with van der Waals surface area (Å²) in [4.78, 5) is 24.4. The summed E-state index contributed by atoms with van der Waals surface area (Å²) in [6, 6.07) is 11.0. The second-order valence-corrected chi connectivity index (χ2v) is 5.79. The van der Waals surface area contributed by atoms with E-state index in [1.165, 1.54) is 12.5 Å². The molecule has 1 unspecified atom stereocenters. The summed E-state index contributed by atoms with van der Waals surface area (Å²) < 4.78 is 10.4. The maximum absolute atomic E-state index is 12.5. The number of rotatable bonds is 4. The van der Waals surface area contributed by atoms with Crippen LogP contribution in [0.2, 0.25) is 0 Å². The first-order chi connectivity index (χ1) is 12.2. The highest BCUT2D eigenvalue weighted by Crippen LogP contribution is 2.31. The predicted molar refractivity (Wildman–Crippen MR) is 89.0 cm³/mol. The number of carbonyl (C=O) groups is 2. The Bertz CT molecular complexity index is 914. The molecule has 25 heavy (non-hydrogen) atoms. The van der Waals surface area contributed by atoms with Crippen molar-refractivity contribution in [2.75, 3.05) is 11.9 Å². The summed E-state index contributed by atoms with van der Waals surface area (Å²) in [5.74, 6) is 0.255. The minimum atomic E-state index is -0.323. The van der Waals surface area contributed by atoms with Crippen molar-refractivity contribution in [1.82, 2.24) is 10.5 Å². The van der Waals surface area contributed by atoms with Crippen molar-refractivity contribution in [3.8, 4) is 11.5 Å². The molecule has 1 aliphatic rings. The van der Waals surface area contributed by atoms with Crippen LogP contribution in [0.4, 0.5) is 5.69 Å². The number of furan rings is 1. The van der Waals surface area contributed by atoms with Crippen molar-refractivity contribution in [2.45, 2.75) is 12.3 Å². The van der Waals surface area contributed by atoms with Gasteiger partial charge in [-0.25, -0.2) is 0 Å². The van der Waals surface area contributed by atoms with E-state index in [9.17, 15) is 9.59 Å². The first-order valence-corrected chi connectivity index (χ1v) is 7.88. The first-order valence-electron chi connectivity index (χ1n) is 7.88. The number of benzene rings is 1. The van der Waals surface area contributed by atoms with E-state index in [-0.39, 0.29) is 23.5 Å². The topological polar surface area (TPSA) is 97.4 Å². The summed E-state index contributed by atoms with van der Waals surface area (Å²) in [6.45, 7) is 0.339. The standard InChI is InChI=1S/C18H15N3O4/c22-16-8-11(12-4-1-2-5-14(12)21-16)9-19-18(23)13-10-20-25-17(13)15-6-3-7-24-15/h1-7,10-11H,8-9H2,(H,19,23)(H,21,22). The molecule has 0 aliphatic carbocycles. The number of anilines is 1. The molecule has 7 nitrogen and oxygen atoms in total. The van der Waals surface area contributed by atoms with Gasteiger partial charge in [-0.05, 0) is 23.8 Å². The van der Waals surface area contributed by atoms with Crippen LogP contribution in [0.5, 0.6) is 0 Å². The van der Waals surface area contributed by atoms with Gasteiger partial charge in [-0.1, -0.05) is 23.4 Å². The molecule has 4 rings (SSSR count). The quantitative estimate of drug-likeness (QED) is 0.763. The fourth-order valence-corrected chi connectivity index (χ4v) is 2.98. The second-order valence-electron chi connectivity index (χ2n) is 5.79. The maximum atomic E-state index is 12.5. The molecule has 3 heterocycles.